The van der Waals surface area contributed by atoms with Gasteiger partial charge in [0.25, 0.3) is 0 Å². The Labute approximate surface area is 184 Å². The third-order valence-electron chi connectivity index (χ3n) is 7.41. The highest BCUT2D eigenvalue weighted by atomic mass is 35.5. The molecule has 1 aliphatic heterocycles. The van der Waals surface area contributed by atoms with Crippen LogP contribution in [0.15, 0.2) is 42.5 Å². The summed E-state index contributed by atoms with van der Waals surface area (Å²) in [6.07, 6.45) is 3.19. The van der Waals surface area contributed by atoms with Crippen molar-refractivity contribution >= 4 is 17.5 Å². The zero-order valence-electron chi connectivity index (χ0n) is 18.2. The molecule has 1 saturated heterocycles. The summed E-state index contributed by atoms with van der Waals surface area (Å²) in [6, 6.07) is 15.8. The molecule has 1 amide bonds. The Balaban J connectivity index is 1.36. The van der Waals surface area contributed by atoms with Crippen LogP contribution in [0.1, 0.15) is 68.2 Å². The topological polar surface area (TPSA) is 32.3 Å². The van der Waals surface area contributed by atoms with Crippen LogP contribution < -0.4 is 5.32 Å². The Morgan fingerprint density at radius 2 is 1.80 bits per heavy atom. The van der Waals surface area contributed by atoms with E-state index in [4.69, 9.17) is 11.6 Å². The first-order chi connectivity index (χ1) is 14.3. The van der Waals surface area contributed by atoms with Crippen LogP contribution in [-0.2, 0) is 10.2 Å². The number of piperidine rings is 1. The van der Waals surface area contributed by atoms with Crippen molar-refractivity contribution in [2.75, 3.05) is 19.6 Å². The standard InChI is InChI=1S/C26H31ClN2O/c1-25(2,3)24(30)28-18-10-12-29(13-11-18)16-26-15-21(19-6-4-5-7-22(19)26)20-9-8-17(27)14-23(20)26/h4-9,14,18,21H,10-13,15-16H2,1-3H3,(H,28,30). The molecule has 1 heterocycles. The van der Waals surface area contributed by atoms with Crippen LogP contribution in [0.4, 0.5) is 0 Å². The second-order valence-electron chi connectivity index (χ2n) is 10.4. The van der Waals surface area contributed by atoms with E-state index in [1.807, 2.05) is 26.8 Å². The predicted molar refractivity (Wildman–Crippen MR) is 122 cm³/mol. The molecule has 0 aromatic heterocycles. The maximum absolute atomic E-state index is 12.4. The number of carbonyl (C=O) groups excluding carboxylic acids is 1. The van der Waals surface area contributed by atoms with Gasteiger partial charge in [-0.05, 0) is 53.6 Å². The highest BCUT2D eigenvalue weighted by Crippen LogP contribution is 2.60. The van der Waals surface area contributed by atoms with Crippen LogP contribution >= 0.6 is 11.6 Å². The predicted octanol–water partition coefficient (Wildman–Crippen LogP) is 5.10. The number of nitrogens with zero attached hydrogens (tertiary/aromatic N) is 1. The lowest BCUT2D eigenvalue weighted by molar-refractivity contribution is -0.129. The van der Waals surface area contributed by atoms with Gasteiger partial charge < -0.3 is 10.2 Å². The van der Waals surface area contributed by atoms with Crippen molar-refractivity contribution in [3.05, 3.63) is 69.7 Å². The second kappa shape index (κ2) is 7.10. The molecule has 1 N–H and O–H groups in total. The van der Waals surface area contributed by atoms with Gasteiger partial charge in [-0.2, -0.15) is 0 Å². The number of carbonyl (C=O) groups is 1. The smallest absolute Gasteiger partial charge is 0.225 e. The summed E-state index contributed by atoms with van der Waals surface area (Å²) in [5.41, 5.74) is 5.61. The number of fused-ring (bicyclic) bond motifs is 8. The maximum Gasteiger partial charge on any atom is 0.225 e. The fourth-order valence-corrected chi connectivity index (χ4v) is 6.01. The molecule has 3 nitrogen and oxygen atoms in total. The van der Waals surface area contributed by atoms with Gasteiger partial charge in [0.15, 0.2) is 0 Å². The molecule has 5 rings (SSSR count). The Kier molecular flexibility index (Phi) is 4.75. The highest BCUT2D eigenvalue weighted by molar-refractivity contribution is 6.30. The summed E-state index contributed by atoms with van der Waals surface area (Å²) < 4.78 is 0. The van der Waals surface area contributed by atoms with Gasteiger partial charge in [-0.3, -0.25) is 4.79 Å². The quantitative estimate of drug-likeness (QED) is 0.746. The van der Waals surface area contributed by atoms with Gasteiger partial charge in [0.1, 0.15) is 0 Å². The summed E-state index contributed by atoms with van der Waals surface area (Å²) >= 11 is 6.44. The largest absolute Gasteiger partial charge is 0.353 e. The fraction of sp³-hybridized carbons (Fsp3) is 0.500. The zero-order valence-corrected chi connectivity index (χ0v) is 18.9. The van der Waals surface area contributed by atoms with Crippen molar-refractivity contribution in [1.29, 1.82) is 0 Å². The Morgan fingerprint density at radius 1 is 1.10 bits per heavy atom. The molecule has 2 aliphatic carbocycles. The molecule has 158 valence electrons. The molecule has 2 atom stereocenters. The molecule has 2 aromatic rings. The number of amides is 1. The van der Waals surface area contributed by atoms with Gasteiger partial charge >= 0.3 is 0 Å². The van der Waals surface area contributed by atoms with Crippen molar-refractivity contribution in [2.24, 2.45) is 5.41 Å². The molecule has 4 heteroatoms. The number of halogens is 1. The Bertz CT molecular complexity index is 987. The van der Waals surface area contributed by atoms with Crippen LogP contribution in [0.2, 0.25) is 5.02 Å². The van der Waals surface area contributed by atoms with E-state index >= 15 is 0 Å². The van der Waals surface area contributed by atoms with Gasteiger partial charge in [-0.1, -0.05) is 62.7 Å². The number of hydrogen-bond donors (Lipinski definition) is 1. The fourth-order valence-electron chi connectivity index (χ4n) is 5.84. The third kappa shape index (κ3) is 3.18. The third-order valence-corrected chi connectivity index (χ3v) is 7.64. The van der Waals surface area contributed by atoms with Crippen LogP contribution in [0.25, 0.3) is 0 Å². The summed E-state index contributed by atoms with van der Waals surface area (Å²) in [7, 11) is 0. The molecule has 2 unspecified atom stereocenters. The lowest BCUT2D eigenvalue weighted by Gasteiger charge is -2.40. The highest BCUT2D eigenvalue weighted by Gasteiger charge is 2.53. The first kappa shape index (κ1) is 20.1. The van der Waals surface area contributed by atoms with Crippen LogP contribution in [-0.4, -0.2) is 36.5 Å². The van der Waals surface area contributed by atoms with Gasteiger partial charge in [0.05, 0.1) is 0 Å². The van der Waals surface area contributed by atoms with Crippen LogP contribution in [0.3, 0.4) is 0 Å². The molecule has 2 bridgehead atoms. The summed E-state index contributed by atoms with van der Waals surface area (Å²) in [5.74, 6) is 0.656. The molecule has 2 aromatic carbocycles. The van der Waals surface area contributed by atoms with Gasteiger partial charge in [-0.25, -0.2) is 0 Å². The number of rotatable bonds is 3. The molecule has 0 spiro atoms. The minimum atomic E-state index is -0.328. The second-order valence-corrected chi connectivity index (χ2v) is 10.9. The minimum absolute atomic E-state index is 0.0446. The molecule has 3 aliphatic rings. The SMILES string of the molecule is CC(C)(C)C(=O)NC1CCN(CC23CC(c4ccccc42)c2ccc(Cl)cc23)CC1. The molecular weight excluding hydrogens is 392 g/mol. The number of benzene rings is 2. The monoisotopic (exact) mass is 422 g/mol. The number of likely N-dealkylation sites (tertiary alicyclic amines) is 1. The van der Waals surface area contributed by atoms with Crippen LogP contribution in [0.5, 0.6) is 0 Å². The summed E-state index contributed by atoms with van der Waals surface area (Å²) in [6.45, 7) is 9.03. The van der Waals surface area contributed by atoms with E-state index in [1.54, 1.807) is 0 Å². The molecular formula is C26H31ClN2O. The lowest BCUT2D eigenvalue weighted by atomic mass is 9.74. The van der Waals surface area contributed by atoms with Crippen LogP contribution in [0, 0.1) is 5.41 Å². The summed E-state index contributed by atoms with van der Waals surface area (Å²) in [4.78, 5) is 15.0. The van der Waals surface area contributed by atoms with E-state index in [9.17, 15) is 4.79 Å². The lowest BCUT2D eigenvalue weighted by Crippen LogP contribution is -2.50. The van der Waals surface area contributed by atoms with Crippen molar-refractivity contribution in [2.45, 2.75) is 57.4 Å². The number of hydrogen-bond acceptors (Lipinski definition) is 2. The Morgan fingerprint density at radius 3 is 2.53 bits per heavy atom. The zero-order chi connectivity index (χ0) is 21.1. The molecule has 0 saturated carbocycles. The molecule has 30 heavy (non-hydrogen) atoms. The van der Waals surface area contributed by atoms with E-state index in [1.165, 1.54) is 22.3 Å². The normalized spacial score (nSPS) is 25.8. The minimum Gasteiger partial charge on any atom is -0.353 e. The first-order valence-corrected chi connectivity index (χ1v) is 11.6. The first-order valence-electron chi connectivity index (χ1n) is 11.2. The Hall–Kier alpha value is -1.84. The van der Waals surface area contributed by atoms with E-state index in [2.05, 4.69) is 46.6 Å². The van der Waals surface area contributed by atoms with Gasteiger partial charge in [-0.15, -0.1) is 0 Å². The van der Waals surface area contributed by atoms with Crippen molar-refractivity contribution in [1.82, 2.24) is 10.2 Å². The maximum atomic E-state index is 12.4. The van der Waals surface area contributed by atoms with Crippen molar-refractivity contribution < 1.29 is 4.79 Å². The van der Waals surface area contributed by atoms with Crippen molar-refractivity contribution in [3.63, 3.8) is 0 Å². The molecule has 0 radical (unpaired) electrons. The van der Waals surface area contributed by atoms with E-state index in [0.717, 1.165) is 43.9 Å². The van der Waals surface area contributed by atoms with E-state index in [-0.39, 0.29) is 16.7 Å². The van der Waals surface area contributed by atoms with Gasteiger partial charge in [0.2, 0.25) is 5.91 Å². The molecule has 1 fully saturated rings. The van der Waals surface area contributed by atoms with Gasteiger partial charge in [0, 0.05) is 47.4 Å². The van der Waals surface area contributed by atoms with E-state index in [0.29, 0.717) is 12.0 Å². The summed E-state index contributed by atoms with van der Waals surface area (Å²) in [5, 5.41) is 4.10. The van der Waals surface area contributed by atoms with Crippen molar-refractivity contribution in [3.8, 4) is 0 Å². The number of nitrogens with one attached hydrogen (secondary N) is 1. The average Bonchev–Trinajstić information content (AvgIpc) is 3.20. The van der Waals surface area contributed by atoms with E-state index < -0.39 is 0 Å². The average molecular weight is 423 g/mol.